The van der Waals surface area contributed by atoms with Gasteiger partial charge in [-0.15, -0.1) is 0 Å². The number of hydrogen-bond donors (Lipinski definition) is 0. The predicted molar refractivity (Wildman–Crippen MR) is 88.9 cm³/mol. The maximum atomic E-state index is 13.1. The van der Waals surface area contributed by atoms with Gasteiger partial charge in [0.15, 0.2) is 0 Å². The third-order valence-electron chi connectivity index (χ3n) is 6.01. The summed E-state index contributed by atoms with van der Waals surface area (Å²) in [5.74, 6) is 0.816. The van der Waals surface area contributed by atoms with Gasteiger partial charge in [0.05, 0.1) is 11.0 Å². The molecule has 126 valence electrons. The maximum Gasteiger partial charge on any atom is 0.243 e. The van der Waals surface area contributed by atoms with Crippen LogP contribution < -0.4 is 0 Å². The largest absolute Gasteiger partial charge is 0.381 e. The van der Waals surface area contributed by atoms with E-state index in [1.807, 2.05) is 12.1 Å². The zero-order chi connectivity index (χ0) is 16.0. The van der Waals surface area contributed by atoms with Crippen molar-refractivity contribution in [3.05, 3.63) is 29.3 Å². The molecular formula is C18H25NO3S. The average Bonchev–Trinajstić information content (AvgIpc) is 3.20. The highest BCUT2D eigenvalue weighted by Crippen LogP contribution is 2.40. The molecular weight excluding hydrogens is 310 g/mol. The fourth-order valence-electron chi connectivity index (χ4n) is 4.72. The van der Waals surface area contributed by atoms with E-state index < -0.39 is 10.0 Å². The van der Waals surface area contributed by atoms with Crippen LogP contribution in [0.5, 0.6) is 0 Å². The molecule has 1 saturated heterocycles. The molecule has 0 bridgehead atoms. The number of rotatable bonds is 3. The molecule has 2 fully saturated rings. The summed E-state index contributed by atoms with van der Waals surface area (Å²) in [6, 6.07) is 5.72. The van der Waals surface area contributed by atoms with Crippen LogP contribution in [0.4, 0.5) is 0 Å². The zero-order valence-corrected chi connectivity index (χ0v) is 14.5. The topological polar surface area (TPSA) is 46.6 Å². The van der Waals surface area contributed by atoms with E-state index in [1.165, 1.54) is 11.1 Å². The van der Waals surface area contributed by atoms with Gasteiger partial charge in [-0.25, -0.2) is 8.42 Å². The number of sulfonamides is 1. The Hall–Kier alpha value is -0.910. The number of hydrogen-bond acceptors (Lipinski definition) is 3. The van der Waals surface area contributed by atoms with E-state index in [9.17, 15) is 8.42 Å². The highest BCUT2D eigenvalue weighted by molar-refractivity contribution is 7.89. The first kappa shape index (κ1) is 15.6. The van der Waals surface area contributed by atoms with E-state index >= 15 is 0 Å². The van der Waals surface area contributed by atoms with Gasteiger partial charge in [0, 0.05) is 26.1 Å². The van der Waals surface area contributed by atoms with Gasteiger partial charge in [0.1, 0.15) is 0 Å². The number of fused-ring (bicyclic) bond motifs is 2. The van der Waals surface area contributed by atoms with Gasteiger partial charge in [-0.3, -0.25) is 0 Å². The van der Waals surface area contributed by atoms with Crippen molar-refractivity contribution in [1.82, 2.24) is 4.31 Å². The lowest BCUT2D eigenvalue weighted by Gasteiger charge is -2.31. The lowest BCUT2D eigenvalue weighted by Crippen LogP contribution is -2.33. The normalized spacial score (nSPS) is 31.1. The Morgan fingerprint density at radius 3 is 2.74 bits per heavy atom. The van der Waals surface area contributed by atoms with E-state index in [0.717, 1.165) is 38.5 Å². The monoisotopic (exact) mass is 335 g/mol. The zero-order valence-electron chi connectivity index (χ0n) is 13.7. The minimum atomic E-state index is -3.37. The molecule has 0 amide bonds. The second-order valence-electron chi connectivity index (χ2n) is 7.24. The van der Waals surface area contributed by atoms with Gasteiger partial charge >= 0.3 is 0 Å². The number of nitrogens with zero attached hydrogens (tertiary/aromatic N) is 1. The summed E-state index contributed by atoms with van der Waals surface area (Å²) in [7, 11) is -1.62. The molecule has 1 saturated carbocycles. The predicted octanol–water partition coefficient (Wildman–Crippen LogP) is 2.61. The van der Waals surface area contributed by atoms with Crippen molar-refractivity contribution >= 4 is 10.0 Å². The van der Waals surface area contributed by atoms with Crippen molar-refractivity contribution in [1.29, 1.82) is 0 Å². The first-order valence-corrected chi connectivity index (χ1v) is 10.2. The SMILES string of the molecule is CO[C@@H]1CCC[C@@H]2CN(S(=O)(=O)c3ccc4c(c3)CCC4)C[C@@H]21. The summed E-state index contributed by atoms with van der Waals surface area (Å²) >= 11 is 0. The van der Waals surface area contributed by atoms with Crippen LogP contribution in [0, 0.1) is 11.8 Å². The van der Waals surface area contributed by atoms with Crippen molar-refractivity contribution in [3.63, 3.8) is 0 Å². The molecule has 5 heteroatoms. The van der Waals surface area contributed by atoms with E-state index in [1.54, 1.807) is 17.5 Å². The van der Waals surface area contributed by atoms with Crippen molar-refractivity contribution in [2.45, 2.75) is 49.5 Å². The molecule has 0 unspecified atom stereocenters. The summed E-state index contributed by atoms with van der Waals surface area (Å²) in [5.41, 5.74) is 2.54. The molecule has 0 N–H and O–H groups in total. The van der Waals surface area contributed by atoms with Crippen LogP contribution in [0.2, 0.25) is 0 Å². The fraction of sp³-hybridized carbons (Fsp3) is 0.667. The van der Waals surface area contributed by atoms with E-state index in [4.69, 9.17) is 4.74 Å². The van der Waals surface area contributed by atoms with Crippen LogP contribution in [0.15, 0.2) is 23.1 Å². The van der Waals surface area contributed by atoms with Crippen molar-refractivity contribution in [2.24, 2.45) is 11.8 Å². The molecule has 1 aliphatic heterocycles. The fourth-order valence-corrected chi connectivity index (χ4v) is 6.31. The lowest BCUT2D eigenvalue weighted by atomic mass is 9.79. The highest BCUT2D eigenvalue weighted by atomic mass is 32.2. The lowest BCUT2D eigenvalue weighted by molar-refractivity contribution is 0.0133. The Kier molecular flexibility index (Phi) is 3.98. The third kappa shape index (κ3) is 2.63. The number of benzene rings is 1. The molecule has 4 nitrogen and oxygen atoms in total. The van der Waals surface area contributed by atoms with Gasteiger partial charge in [0.25, 0.3) is 0 Å². The number of ether oxygens (including phenoxy) is 1. The van der Waals surface area contributed by atoms with Gasteiger partial charge in [-0.1, -0.05) is 12.5 Å². The van der Waals surface area contributed by atoms with E-state index in [-0.39, 0.29) is 6.10 Å². The third-order valence-corrected chi connectivity index (χ3v) is 7.84. The molecule has 23 heavy (non-hydrogen) atoms. The summed E-state index contributed by atoms with van der Waals surface area (Å²) < 4.78 is 33.4. The Morgan fingerprint density at radius 2 is 1.91 bits per heavy atom. The van der Waals surface area contributed by atoms with Gasteiger partial charge in [-0.2, -0.15) is 4.31 Å². The van der Waals surface area contributed by atoms with Crippen LogP contribution in [-0.2, 0) is 27.6 Å². The van der Waals surface area contributed by atoms with Crippen LogP contribution >= 0.6 is 0 Å². The number of methoxy groups -OCH3 is 1. The summed E-state index contributed by atoms with van der Waals surface area (Å²) in [5, 5.41) is 0. The van der Waals surface area contributed by atoms with Crippen molar-refractivity contribution < 1.29 is 13.2 Å². The summed E-state index contributed by atoms with van der Waals surface area (Å²) in [6.07, 6.45) is 6.78. The molecule has 1 heterocycles. The minimum absolute atomic E-state index is 0.217. The molecule has 0 aromatic heterocycles. The molecule has 4 rings (SSSR count). The highest BCUT2D eigenvalue weighted by Gasteiger charge is 2.44. The number of aryl methyl sites for hydroxylation is 2. The van der Waals surface area contributed by atoms with E-state index in [2.05, 4.69) is 0 Å². The van der Waals surface area contributed by atoms with Crippen LogP contribution in [0.25, 0.3) is 0 Å². The Morgan fingerprint density at radius 1 is 1.09 bits per heavy atom. The second-order valence-corrected chi connectivity index (χ2v) is 9.17. The molecule has 3 atom stereocenters. The molecule has 2 aliphatic carbocycles. The summed E-state index contributed by atoms with van der Waals surface area (Å²) in [6.45, 7) is 1.27. The summed E-state index contributed by atoms with van der Waals surface area (Å²) in [4.78, 5) is 0.478. The molecule has 0 spiro atoms. The van der Waals surface area contributed by atoms with Crippen molar-refractivity contribution in [2.75, 3.05) is 20.2 Å². The smallest absolute Gasteiger partial charge is 0.243 e. The van der Waals surface area contributed by atoms with Gasteiger partial charge in [0.2, 0.25) is 10.0 Å². The second kappa shape index (κ2) is 5.87. The molecule has 1 aromatic carbocycles. The first-order chi connectivity index (χ1) is 11.1. The Labute approximate surface area is 138 Å². The molecule has 0 radical (unpaired) electrons. The van der Waals surface area contributed by atoms with E-state index in [0.29, 0.717) is 29.8 Å². The van der Waals surface area contributed by atoms with Gasteiger partial charge < -0.3 is 4.74 Å². The standard InChI is InChI=1S/C18H25NO3S/c1-22-18-7-3-6-15-11-19(12-17(15)18)23(20,21)16-9-8-13-4-2-5-14(13)10-16/h8-10,15,17-18H,2-7,11-12H2,1H3/t15-,17+,18-/m1/s1. The average molecular weight is 335 g/mol. The Bertz CT molecular complexity index is 700. The molecule has 1 aromatic rings. The van der Waals surface area contributed by atoms with Crippen LogP contribution in [0.1, 0.15) is 36.8 Å². The molecule has 3 aliphatic rings. The van der Waals surface area contributed by atoms with Gasteiger partial charge in [-0.05, 0) is 61.3 Å². The van der Waals surface area contributed by atoms with Crippen LogP contribution in [-0.4, -0.2) is 39.0 Å². The maximum absolute atomic E-state index is 13.1. The quantitative estimate of drug-likeness (QED) is 0.853. The first-order valence-electron chi connectivity index (χ1n) is 8.74. The van der Waals surface area contributed by atoms with Crippen LogP contribution in [0.3, 0.4) is 0 Å². The minimum Gasteiger partial charge on any atom is -0.381 e. The Balaban J connectivity index is 1.60. The van der Waals surface area contributed by atoms with Crippen molar-refractivity contribution in [3.8, 4) is 0 Å².